The fourth-order valence-electron chi connectivity index (χ4n) is 4.50. The van der Waals surface area contributed by atoms with E-state index in [4.69, 9.17) is 0 Å². The number of nitrogens with one attached hydrogen (secondary N) is 2. The Hall–Kier alpha value is -4.79. The molecule has 9 heteroatoms. The van der Waals surface area contributed by atoms with Gasteiger partial charge >= 0.3 is 0 Å². The summed E-state index contributed by atoms with van der Waals surface area (Å²) < 4.78 is 28.8. The van der Waals surface area contributed by atoms with Crippen LogP contribution >= 0.6 is 0 Å². The predicted octanol–water partition coefficient (Wildman–Crippen LogP) is 4.84. The first-order valence-electron chi connectivity index (χ1n) is 11.9. The fraction of sp³-hybridized carbons (Fsp3) is 0.138. The molecule has 2 N–H and O–H groups in total. The number of aromatic nitrogens is 4. The molecular weight excluding hydrogens is 488 g/mol. The lowest BCUT2D eigenvalue weighted by Crippen LogP contribution is -2.31. The highest BCUT2D eigenvalue weighted by atomic mass is 19.1. The van der Waals surface area contributed by atoms with Crippen LogP contribution < -0.4 is 10.9 Å². The van der Waals surface area contributed by atoms with Crippen LogP contribution in [-0.4, -0.2) is 32.6 Å². The molecule has 0 spiro atoms. The monoisotopic (exact) mass is 511 g/mol. The topological polar surface area (TPSA) is 101 Å². The zero-order valence-corrected chi connectivity index (χ0v) is 20.6. The van der Waals surface area contributed by atoms with Gasteiger partial charge in [0.15, 0.2) is 0 Å². The van der Waals surface area contributed by atoms with Gasteiger partial charge in [-0.2, -0.15) is 10.2 Å². The summed E-state index contributed by atoms with van der Waals surface area (Å²) >= 11 is 0. The maximum atomic E-state index is 14.6. The first-order chi connectivity index (χ1) is 18.3. The Morgan fingerprint density at radius 2 is 1.82 bits per heavy atom. The number of halogens is 2. The summed E-state index contributed by atoms with van der Waals surface area (Å²) in [6, 6.07) is 15.8. The van der Waals surface area contributed by atoms with Crippen molar-refractivity contribution in [1.29, 1.82) is 0 Å². The van der Waals surface area contributed by atoms with Crippen molar-refractivity contribution in [2.75, 3.05) is 6.54 Å². The Bertz CT molecular complexity index is 1720. The van der Waals surface area contributed by atoms with E-state index in [1.165, 1.54) is 30.3 Å². The number of amides is 1. The van der Waals surface area contributed by atoms with Gasteiger partial charge in [0.2, 0.25) is 0 Å². The highest BCUT2D eigenvalue weighted by Crippen LogP contribution is 2.25. The lowest BCUT2D eigenvalue weighted by atomic mass is 9.96. The van der Waals surface area contributed by atoms with Gasteiger partial charge in [0.25, 0.3) is 11.5 Å². The third kappa shape index (κ3) is 4.90. The minimum atomic E-state index is -0.742. The SMILES string of the molecule is Cc1cc(-c2ccnnc2)ccc1C(=O)NC[C@@H](c1cccc(F)c1)c1nc2c(F)ccc(C)c2c(=O)[nH]1. The molecule has 7 nitrogen and oxygen atoms in total. The van der Waals surface area contributed by atoms with Crippen LogP contribution in [0.1, 0.15) is 38.8 Å². The number of carbonyl (C=O) groups excluding carboxylic acids is 1. The summed E-state index contributed by atoms with van der Waals surface area (Å²) in [5.41, 5.74) is 3.43. The van der Waals surface area contributed by atoms with Crippen LogP contribution in [0.3, 0.4) is 0 Å². The van der Waals surface area contributed by atoms with Crippen molar-refractivity contribution in [2.45, 2.75) is 19.8 Å². The molecule has 0 unspecified atom stereocenters. The second-order valence-corrected chi connectivity index (χ2v) is 9.02. The van der Waals surface area contributed by atoms with Crippen molar-refractivity contribution in [1.82, 2.24) is 25.5 Å². The molecule has 38 heavy (non-hydrogen) atoms. The molecule has 0 saturated heterocycles. The summed E-state index contributed by atoms with van der Waals surface area (Å²) in [5, 5.41) is 10.7. The third-order valence-corrected chi connectivity index (χ3v) is 6.47. The van der Waals surface area contributed by atoms with Gasteiger partial charge in [-0.3, -0.25) is 9.59 Å². The highest BCUT2D eigenvalue weighted by Gasteiger charge is 2.22. The normalized spacial score (nSPS) is 11.9. The first kappa shape index (κ1) is 24.9. The molecule has 0 fully saturated rings. The molecule has 3 aromatic carbocycles. The summed E-state index contributed by atoms with van der Waals surface area (Å²) in [6.07, 6.45) is 3.23. The van der Waals surface area contributed by atoms with Crippen molar-refractivity contribution >= 4 is 16.8 Å². The number of rotatable bonds is 6. The molecule has 1 atom stereocenters. The Labute approximate surface area is 216 Å². The first-order valence-corrected chi connectivity index (χ1v) is 11.9. The number of hydrogen-bond donors (Lipinski definition) is 2. The quantitative estimate of drug-likeness (QED) is 0.340. The zero-order valence-electron chi connectivity index (χ0n) is 20.6. The van der Waals surface area contributed by atoms with Crippen molar-refractivity contribution in [3.05, 3.63) is 123 Å². The molecule has 5 aromatic rings. The number of fused-ring (bicyclic) bond motifs is 1. The summed E-state index contributed by atoms with van der Waals surface area (Å²) in [6.45, 7) is 3.51. The van der Waals surface area contributed by atoms with Crippen LogP contribution in [0.15, 0.2) is 77.9 Å². The smallest absolute Gasteiger partial charge is 0.259 e. The Kier molecular flexibility index (Phi) is 6.74. The standard InChI is InChI=1S/C29H23F2N5O2/c1-16-6-9-24(31)26-25(16)29(38)36-27(35-26)23(19-4-3-5-21(30)13-19)15-32-28(37)22-8-7-18(12-17(22)2)20-10-11-33-34-14-20/h3-14,23H,15H2,1-2H3,(H,32,37)(H,35,36,38)/t23-/m0/s1. The van der Waals surface area contributed by atoms with Crippen molar-refractivity contribution in [2.24, 2.45) is 0 Å². The summed E-state index contributed by atoms with van der Waals surface area (Å²) in [5.74, 6) is -2.10. The van der Waals surface area contributed by atoms with Gasteiger partial charge in [-0.1, -0.05) is 30.3 Å². The van der Waals surface area contributed by atoms with Crippen LogP contribution in [-0.2, 0) is 0 Å². The Morgan fingerprint density at radius 3 is 2.55 bits per heavy atom. The van der Waals surface area contributed by atoms with Gasteiger partial charge in [0, 0.05) is 17.7 Å². The molecule has 0 aliphatic rings. The average Bonchev–Trinajstić information content (AvgIpc) is 2.91. The van der Waals surface area contributed by atoms with Gasteiger partial charge in [0.1, 0.15) is 23.0 Å². The number of H-pyrrole nitrogens is 1. The third-order valence-electron chi connectivity index (χ3n) is 6.47. The lowest BCUT2D eigenvalue weighted by molar-refractivity contribution is 0.0951. The summed E-state index contributed by atoms with van der Waals surface area (Å²) in [4.78, 5) is 33.2. The molecule has 2 aromatic heterocycles. The Morgan fingerprint density at radius 1 is 0.974 bits per heavy atom. The molecule has 0 saturated carbocycles. The number of hydrogen-bond acceptors (Lipinski definition) is 5. The maximum Gasteiger partial charge on any atom is 0.259 e. The van der Waals surface area contributed by atoms with E-state index in [-0.39, 0.29) is 29.2 Å². The molecular formula is C29H23F2N5O2. The molecule has 190 valence electrons. The molecule has 0 aliphatic carbocycles. The van der Waals surface area contributed by atoms with Gasteiger partial charge in [-0.25, -0.2) is 13.8 Å². The minimum absolute atomic E-state index is 0.0143. The number of aryl methyl sites for hydroxylation is 2. The minimum Gasteiger partial charge on any atom is -0.351 e. The maximum absolute atomic E-state index is 14.6. The molecule has 0 aliphatic heterocycles. The van der Waals surface area contributed by atoms with Crippen LogP contribution in [0.4, 0.5) is 8.78 Å². The second-order valence-electron chi connectivity index (χ2n) is 9.02. The second kappa shape index (κ2) is 10.3. The van der Waals surface area contributed by atoms with Crippen molar-refractivity contribution < 1.29 is 13.6 Å². The molecule has 2 heterocycles. The van der Waals surface area contributed by atoms with E-state index in [1.807, 2.05) is 25.1 Å². The average molecular weight is 512 g/mol. The lowest BCUT2D eigenvalue weighted by Gasteiger charge is -2.19. The van der Waals surface area contributed by atoms with Gasteiger partial charge in [-0.05, 0) is 66.4 Å². The van der Waals surface area contributed by atoms with Crippen molar-refractivity contribution in [3.63, 3.8) is 0 Å². The number of aromatic amines is 1. The molecule has 0 radical (unpaired) electrons. The number of benzene rings is 3. The fourth-order valence-corrected chi connectivity index (χ4v) is 4.50. The van der Waals surface area contributed by atoms with E-state index in [0.29, 0.717) is 16.7 Å². The predicted molar refractivity (Wildman–Crippen MR) is 140 cm³/mol. The molecule has 0 bridgehead atoms. The van der Waals surface area contributed by atoms with Gasteiger partial charge < -0.3 is 10.3 Å². The van der Waals surface area contributed by atoms with E-state index >= 15 is 0 Å². The largest absolute Gasteiger partial charge is 0.351 e. The van der Waals surface area contributed by atoms with E-state index < -0.39 is 23.1 Å². The van der Waals surface area contributed by atoms with E-state index in [9.17, 15) is 18.4 Å². The number of carbonyl (C=O) groups is 1. The van der Waals surface area contributed by atoms with Crippen LogP contribution in [0.5, 0.6) is 0 Å². The Balaban J connectivity index is 1.48. The van der Waals surface area contributed by atoms with Crippen LogP contribution in [0, 0.1) is 25.5 Å². The molecule has 5 rings (SSSR count). The van der Waals surface area contributed by atoms with Gasteiger partial charge in [0.05, 0.1) is 23.7 Å². The van der Waals surface area contributed by atoms with Crippen molar-refractivity contribution in [3.8, 4) is 11.1 Å². The number of nitrogens with zero attached hydrogens (tertiary/aromatic N) is 3. The highest BCUT2D eigenvalue weighted by molar-refractivity contribution is 5.96. The van der Waals surface area contributed by atoms with Crippen LogP contribution in [0.2, 0.25) is 0 Å². The zero-order chi connectivity index (χ0) is 26.8. The van der Waals surface area contributed by atoms with E-state index in [1.54, 1.807) is 31.5 Å². The molecule has 1 amide bonds. The van der Waals surface area contributed by atoms with E-state index in [2.05, 4.69) is 25.5 Å². The summed E-state index contributed by atoms with van der Waals surface area (Å²) in [7, 11) is 0. The van der Waals surface area contributed by atoms with Gasteiger partial charge in [-0.15, -0.1) is 0 Å². The van der Waals surface area contributed by atoms with E-state index in [0.717, 1.165) is 16.7 Å². The van der Waals surface area contributed by atoms with Crippen LogP contribution in [0.25, 0.3) is 22.0 Å².